The van der Waals surface area contributed by atoms with E-state index in [2.05, 4.69) is 15.9 Å². The molecule has 1 heterocycles. The molecule has 0 aliphatic carbocycles. The van der Waals surface area contributed by atoms with Crippen LogP contribution in [0.3, 0.4) is 0 Å². The molecule has 0 saturated carbocycles. The van der Waals surface area contributed by atoms with Crippen LogP contribution in [0.1, 0.15) is 18.6 Å². The first kappa shape index (κ1) is 13.0. The number of sulfone groups is 1. The van der Waals surface area contributed by atoms with Gasteiger partial charge in [0.1, 0.15) is 5.25 Å². The molecule has 2 rings (SSSR count). The maximum absolute atomic E-state index is 12.1. The summed E-state index contributed by atoms with van der Waals surface area (Å²) in [6.07, 6.45) is -0.616. The third kappa shape index (κ3) is 2.40. The Balaban J connectivity index is 2.39. The molecule has 1 saturated heterocycles. The molecule has 1 aromatic carbocycles. The third-order valence-corrected chi connectivity index (χ3v) is 5.83. The first-order valence-corrected chi connectivity index (χ1v) is 7.56. The molecule has 1 aliphatic heterocycles. The van der Waals surface area contributed by atoms with Crippen LogP contribution < -0.4 is 0 Å². The van der Waals surface area contributed by atoms with Crippen LogP contribution in [0.2, 0.25) is 0 Å². The van der Waals surface area contributed by atoms with Crippen molar-refractivity contribution < 1.29 is 18.3 Å². The number of aliphatic hydroxyl groups is 1. The standard InChI is InChI=1S/C11H13BrO4S/c1-7(13)8-2-3-11(10(12)4-8)17(14,15)9-5-16-6-9/h2-4,7,9,13H,5-6H2,1H3. The van der Waals surface area contributed by atoms with Gasteiger partial charge in [-0.3, -0.25) is 0 Å². The van der Waals surface area contributed by atoms with Crippen LogP contribution in [0, 0.1) is 0 Å². The number of rotatable bonds is 3. The van der Waals surface area contributed by atoms with E-state index in [1.165, 1.54) is 6.07 Å². The Morgan fingerprint density at radius 1 is 1.47 bits per heavy atom. The molecular weight excluding hydrogens is 308 g/mol. The lowest BCUT2D eigenvalue weighted by atomic mass is 10.1. The fourth-order valence-electron chi connectivity index (χ4n) is 1.58. The summed E-state index contributed by atoms with van der Waals surface area (Å²) >= 11 is 3.24. The molecule has 1 fully saturated rings. The van der Waals surface area contributed by atoms with Crippen LogP contribution in [-0.4, -0.2) is 32.0 Å². The molecule has 0 spiro atoms. The minimum absolute atomic E-state index is 0.257. The molecule has 0 radical (unpaired) electrons. The Kier molecular flexibility index (Phi) is 3.58. The van der Waals surface area contributed by atoms with Crippen molar-refractivity contribution in [3.8, 4) is 0 Å². The Bertz CT molecular complexity index is 520. The zero-order valence-corrected chi connectivity index (χ0v) is 11.7. The van der Waals surface area contributed by atoms with Gasteiger partial charge in [0.05, 0.1) is 24.2 Å². The first-order valence-electron chi connectivity index (χ1n) is 5.22. The molecule has 0 bridgehead atoms. The zero-order valence-electron chi connectivity index (χ0n) is 9.26. The second kappa shape index (κ2) is 4.68. The van der Waals surface area contributed by atoms with Crippen molar-refractivity contribution in [1.29, 1.82) is 0 Å². The summed E-state index contributed by atoms with van der Waals surface area (Å²) in [6, 6.07) is 4.79. The molecule has 1 unspecified atom stereocenters. The van der Waals surface area contributed by atoms with Crippen LogP contribution >= 0.6 is 15.9 Å². The van der Waals surface area contributed by atoms with E-state index in [0.29, 0.717) is 10.0 Å². The minimum atomic E-state index is -3.33. The van der Waals surface area contributed by atoms with E-state index in [9.17, 15) is 13.5 Å². The van der Waals surface area contributed by atoms with Crippen molar-refractivity contribution in [1.82, 2.24) is 0 Å². The first-order chi connectivity index (χ1) is 7.93. The van der Waals surface area contributed by atoms with Gasteiger partial charge in [-0.1, -0.05) is 6.07 Å². The Labute approximate surface area is 109 Å². The molecule has 17 heavy (non-hydrogen) atoms. The van der Waals surface area contributed by atoms with Gasteiger partial charge in [-0.05, 0) is 40.5 Å². The van der Waals surface area contributed by atoms with Gasteiger partial charge in [0, 0.05) is 4.47 Å². The predicted octanol–water partition coefficient (Wildman–Crippen LogP) is 1.67. The molecule has 4 nitrogen and oxygen atoms in total. The quantitative estimate of drug-likeness (QED) is 0.920. The van der Waals surface area contributed by atoms with Crippen LogP contribution in [0.15, 0.2) is 27.6 Å². The fourth-order valence-corrected chi connectivity index (χ4v) is 4.15. The number of aliphatic hydroxyl groups excluding tert-OH is 1. The predicted molar refractivity (Wildman–Crippen MR) is 66.6 cm³/mol. The zero-order chi connectivity index (χ0) is 12.6. The molecule has 6 heteroatoms. The molecule has 1 N–H and O–H groups in total. The maximum atomic E-state index is 12.1. The van der Waals surface area contributed by atoms with Crippen molar-refractivity contribution in [3.05, 3.63) is 28.2 Å². The fraction of sp³-hybridized carbons (Fsp3) is 0.455. The molecular formula is C11H13BrO4S. The third-order valence-electron chi connectivity index (χ3n) is 2.79. The molecule has 0 aromatic heterocycles. The summed E-state index contributed by atoms with van der Waals surface area (Å²) in [5.74, 6) is 0. The largest absolute Gasteiger partial charge is 0.389 e. The van der Waals surface area contributed by atoms with E-state index in [4.69, 9.17) is 4.74 Å². The Hall–Kier alpha value is -0.430. The van der Waals surface area contributed by atoms with E-state index in [0.717, 1.165) is 0 Å². The van der Waals surface area contributed by atoms with Gasteiger partial charge >= 0.3 is 0 Å². The highest BCUT2D eigenvalue weighted by atomic mass is 79.9. The monoisotopic (exact) mass is 320 g/mol. The van der Waals surface area contributed by atoms with Crippen molar-refractivity contribution >= 4 is 25.8 Å². The summed E-state index contributed by atoms with van der Waals surface area (Å²) in [7, 11) is -3.33. The van der Waals surface area contributed by atoms with Crippen LogP contribution in [0.25, 0.3) is 0 Å². The minimum Gasteiger partial charge on any atom is -0.389 e. The van der Waals surface area contributed by atoms with E-state index in [-0.39, 0.29) is 18.1 Å². The van der Waals surface area contributed by atoms with E-state index < -0.39 is 21.2 Å². The highest BCUT2D eigenvalue weighted by Gasteiger charge is 2.35. The molecule has 1 atom stereocenters. The van der Waals surface area contributed by atoms with Crippen LogP contribution in [0.5, 0.6) is 0 Å². The van der Waals surface area contributed by atoms with Crippen LogP contribution in [-0.2, 0) is 14.6 Å². The van der Waals surface area contributed by atoms with Gasteiger partial charge < -0.3 is 9.84 Å². The highest BCUT2D eigenvalue weighted by Crippen LogP contribution is 2.30. The average Bonchev–Trinajstić information content (AvgIpc) is 2.13. The van der Waals surface area contributed by atoms with Crippen molar-refractivity contribution in [2.24, 2.45) is 0 Å². The van der Waals surface area contributed by atoms with Gasteiger partial charge in [-0.25, -0.2) is 8.42 Å². The van der Waals surface area contributed by atoms with Gasteiger partial charge in [0.15, 0.2) is 9.84 Å². The number of halogens is 1. The number of benzene rings is 1. The Morgan fingerprint density at radius 2 is 2.12 bits per heavy atom. The van der Waals surface area contributed by atoms with E-state index >= 15 is 0 Å². The lowest BCUT2D eigenvalue weighted by Crippen LogP contribution is -2.40. The van der Waals surface area contributed by atoms with Crippen molar-refractivity contribution in [2.45, 2.75) is 23.2 Å². The lowest BCUT2D eigenvalue weighted by molar-refractivity contribution is 0.0416. The van der Waals surface area contributed by atoms with E-state index in [1.54, 1.807) is 19.1 Å². The normalized spacial score (nSPS) is 18.8. The molecule has 0 amide bonds. The summed E-state index contributed by atoms with van der Waals surface area (Å²) < 4.78 is 29.7. The molecule has 1 aliphatic rings. The number of hydrogen-bond acceptors (Lipinski definition) is 4. The summed E-state index contributed by atoms with van der Waals surface area (Å²) in [4.78, 5) is 0.259. The average molecular weight is 321 g/mol. The maximum Gasteiger partial charge on any atom is 0.186 e. The van der Waals surface area contributed by atoms with Gasteiger partial charge in [0.2, 0.25) is 0 Å². The SMILES string of the molecule is CC(O)c1ccc(S(=O)(=O)C2COC2)c(Br)c1. The number of ether oxygens (including phenoxy) is 1. The van der Waals surface area contributed by atoms with Crippen molar-refractivity contribution in [2.75, 3.05) is 13.2 Å². The Morgan fingerprint density at radius 3 is 2.53 bits per heavy atom. The molecule has 94 valence electrons. The van der Waals surface area contributed by atoms with Crippen LogP contribution in [0.4, 0.5) is 0 Å². The summed E-state index contributed by atoms with van der Waals surface area (Å²) in [5, 5.41) is 8.97. The van der Waals surface area contributed by atoms with Gasteiger partial charge in [0.25, 0.3) is 0 Å². The number of hydrogen-bond donors (Lipinski definition) is 1. The summed E-state index contributed by atoms with van der Waals surface area (Å²) in [6.45, 7) is 2.15. The second-order valence-corrected chi connectivity index (χ2v) is 7.12. The molecule has 1 aromatic rings. The van der Waals surface area contributed by atoms with Crippen molar-refractivity contribution in [3.63, 3.8) is 0 Å². The lowest BCUT2D eigenvalue weighted by Gasteiger charge is -2.26. The van der Waals surface area contributed by atoms with Gasteiger partial charge in [-0.2, -0.15) is 0 Å². The smallest absolute Gasteiger partial charge is 0.186 e. The highest BCUT2D eigenvalue weighted by molar-refractivity contribution is 9.10. The second-order valence-electron chi connectivity index (χ2n) is 4.07. The van der Waals surface area contributed by atoms with Gasteiger partial charge in [-0.15, -0.1) is 0 Å². The summed E-state index contributed by atoms with van der Waals surface area (Å²) in [5.41, 5.74) is 0.681. The topological polar surface area (TPSA) is 63.6 Å². The van der Waals surface area contributed by atoms with E-state index in [1.807, 2.05) is 0 Å².